The van der Waals surface area contributed by atoms with E-state index < -0.39 is 17.3 Å². The zero-order valence-corrected chi connectivity index (χ0v) is 12.6. The Hall–Kier alpha value is -3.40. The number of carbonyl (C=O) groups excluding carboxylic acids is 1. The number of phenolic OH excluding ortho intramolecular Hbond substituents is 1. The highest BCUT2D eigenvalue weighted by Gasteiger charge is 2.22. The lowest BCUT2D eigenvalue weighted by molar-refractivity contribution is -0.132. The molecule has 0 unspecified atom stereocenters. The zero-order valence-electron chi connectivity index (χ0n) is 12.6. The number of hydrogen-bond donors (Lipinski definition) is 2. The third kappa shape index (κ3) is 3.03. The molecular weight excluding hydrogens is 304 g/mol. The Balaban J connectivity index is 2.10. The molecule has 4 nitrogen and oxygen atoms in total. The average Bonchev–Trinajstić information content (AvgIpc) is 2.59. The van der Waals surface area contributed by atoms with Gasteiger partial charge in [0.2, 0.25) is 5.78 Å². The SMILES string of the molecule is O=C(O)/C(=C/c1ccccc1)C(=O)c1cc2ccccc2cc1O. The van der Waals surface area contributed by atoms with Crippen molar-refractivity contribution in [1.29, 1.82) is 0 Å². The maximum absolute atomic E-state index is 12.6. The first kappa shape index (κ1) is 15.5. The number of carboxylic acids is 1. The second-order valence-corrected chi connectivity index (χ2v) is 5.32. The number of phenols is 1. The molecule has 118 valence electrons. The lowest BCUT2D eigenvalue weighted by Gasteiger charge is -2.07. The normalized spacial score (nSPS) is 11.4. The van der Waals surface area contributed by atoms with Gasteiger partial charge in [-0.25, -0.2) is 4.79 Å². The molecule has 0 bridgehead atoms. The molecule has 0 radical (unpaired) electrons. The van der Waals surface area contributed by atoms with Crippen LogP contribution in [-0.2, 0) is 4.79 Å². The zero-order chi connectivity index (χ0) is 17.1. The highest BCUT2D eigenvalue weighted by Crippen LogP contribution is 2.27. The van der Waals surface area contributed by atoms with E-state index in [4.69, 9.17) is 0 Å². The number of rotatable bonds is 4. The number of benzene rings is 3. The van der Waals surface area contributed by atoms with Crippen molar-refractivity contribution in [2.24, 2.45) is 0 Å². The minimum Gasteiger partial charge on any atom is -0.507 e. The summed E-state index contributed by atoms with van der Waals surface area (Å²) >= 11 is 0. The van der Waals surface area contributed by atoms with Gasteiger partial charge in [-0.05, 0) is 34.5 Å². The Bertz CT molecular complexity index is 956. The van der Waals surface area contributed by atoms with E-state index in [1.165, 1.54) is 18.2 Å². The number of carbonyl (C=O) groups is 2. The fourth-order valence-electron chi connectivity index (χ4n) is 2.50. The molecule has 0 atom stereocenters. The van der Waals surface area contributed by atoms with Gasteiger partial charge in [0.1, 0.15) is 11.3 Å². The highest BCUT2D eigenvalue weighted by molar-refractivity contribution is 6.27. The summed E-state index contributed by atoms with van der Waals surface area (Å²) < 4.78 is 0. The third-order valence-corrected chi connectivity index (χ3v) is 3.69. The fraction of sp³-hybridized carbons (Fsp3) is 0. The van der Waals surface area contributed by atoms with E-state index in [0.29, 0.717) is 5.56 Å². The summed E-state index contributed by atoms with van der Waals surface area (Å²) in [4.78, 5) is 24.2. The minimum absolute atomic E-state index is 0.0294. The molecule has 0 fully saturated rings. The number of carboxylic acid groups (broad SMARTS) is 1. The van der Waals surface area contributed by atoms with E-state index in [9.17, 15) is 19.8 Å². The van der Waals surface area contributed by atoms with Gasteiger partial charge in [0.05, 0.1) is 5.56 Å². The molecule has 0 aliphatic rings. The van der Waals surface area contributed by atoms with Gasteiger partial charge in [-0.15, -0.1) is 0 Å². The summed E-state index contributed by atoms with van der Waals surface area (Å²) in [5, 5.41) is 21.1. The van der Waals surface area contributed by atoms with Crippen LogP contribution in [0.25, 0.3) is 16.8 Å². The second kappa shape index (κ2) is 6.38. The van der Waals surface area contributed by atoms with Crippen molar-refractivity contribution in [3.8, 4) is 5.75 Å². The molecule has 0 aliphatic heterocycles. The Morgan fingerprint density at radius 2 is 1.42 bits per heavy atom. The van der Waals surface area contributed by atoms with Crippen LogP contribution in [0.1, 0.15) is 15.9 Å². The molecule has 0 amide bonds. The maximum Gasteiger partial charge on any atom is 0.339 e. The Morgan fingerprint density at radius 1 is 0.833 bits per heavy atom. The van der Waals surface area contributed by atoms with E-state index in [0.717, 1.165) is 10.8 Å². The van der Waals surface area contributed by atoms with Crippen molar-refractivity contribution in [3.05, 3.63) is 83.4 Å². The second-order valence-electron chi connectivity index (χ2n) is 5.32. The van der Waals surface area contributed by atoms with E-state index in [-0.39, 0.29) is 11.3 Å². The summed E-state index contributed by atoms with van der Waals surface area (Å²) in [6, 6.07) is 18.9. The topological polar surface area (TPSA) is 74.6 Å². The summed E-state index contributed by atoms with van der Waals surface area (Å²) in [5.41, 5.74) is 0.175. The van der Waals surface area contributed by atoms with Gasteiger partial charge < -0.3 is 10.2 Å². The Morgan fingerprint density at radius 3 is 2.04 bits per heavy atom. The average molecular weight is 318 g/mol. The molecule has 0 heterocycles. The minimum atomic E-state index is -1.34. The summed E-state index contributed by atoms with van der Waals surface area (Å²) in [5.74, 6) is -2.30. The van der Waals surface area contributed by atoms with Crippen LogP contribution in [0.4, 0.5) is 0 Å². The summed E-state index contributed by atoms with van der Waals surface area (Å²) in [6.45, 7) is 0. The van der Waals surface area contributed by atoms with Crippen LogP contribution in [0.2, 0.25) is 0 Å². The van der Waals surface area contributed by atoms with Crippen LogP contribution in [0, 0.1) is 0 Å². The van der Waals surface area contributed by atoms with Gasteiger partial charge >= 0.3 is 5.97 Å². The molecule has 3 aromatic carbocycles. The smallest absolute Gasteiger partial charge is 0.339 e. The molecule has 0 aliphatic carbocycles. The van der Waals surface area contributed by atoms with Gasteiger partial charge in [-0.3, -0.25) is 4.79 Å². The van der Waals surface area contributed by atoms with Gasteiger partial charge in [0.15, 0.2) is 0 Å². The molecule has 0 saturated carbocycles. The number of fused-ring (bicyclic) bond motifs is 1. The quantitative estimate of drug-likeness (QED) is 0.331. The van der Waals surface area contributed by atoms with Gasteiger partial charge in [-0.1, -0.05) is 54.6 Å². The van der Waals surface area contributed by atoms with Crippen LogP contribution in [0.15, 0.2) is 72.3 Å². The van der Waals surface area contributed by atoms with Crippen molar-refractivity contribution in [2.45, 2.75) is 0 Å². The van der Waals surface area contributed by atoms with Crippen molar-refractivity contribution < 1.29 is 19.8 Å². The van der Waals surface area contributed by atoms with E-state index in [1.54, 1.807) is 42.5 Å². The molecular formula is C20H14O4. The van der Waals surface area contributed by atoms with Gasteiger partial charge in [-0.2, -0.15) is 0 Å². The van der Waals surface area contributed by atoms with Crippen LogP contribution in [0.3, 0.4) is 0 Å². The van der Waals surface area contributed by atoms with Crippen molar-refractivity contribution in [2.75, 3.05) is 0 Å². The molecule has 2 N–H and O–H groups in total. The van der Waals surface area contributed by atoms with Crippen LogP contribution < -0.4 is 0 Å². The van der Waals surface area contributed by atoms with Crippen LogP contribution >= 0.6 is 0 Å². The molecule has 24 heavy (non-hydrogen) atoms. The Kier molecular flexibility index (Phi) is 4.12. The molecule has 0 aromatic heterocycles. The lowest BCUT2D eigenvalue weighted by Crippen LogP contribution is -2.12. The van der Waals surface area contributed by atoms with Crippen molar-refractivity contribution in [3.63, 3.8) is 0 Å². The maximum atomic E-state index is 12.6. The Labute approximate surface area is 138 Å². The fourth-order valence-corrected chi connectivity index (χ4v) is 2.50. The number of Topliss-reactive ketones (excluding diaryl/α,β-unsaturated/α-hetero) is 1. The first-order valence-corrected chi connectivity index (χ1v) is 7.33. The standard InChI is InChI=1S/C20H14O4/c21-18-12-15-9-5-4-8-14(15)11-16(18)19(22)17(20(23)24)10-13-6-2-1-3-7-13/h1-12,21H,(H,23,24)/b17-10+. The number of ketones is 1. The number of aliphatic carboxylic acids is 1. The van der Waals surface area contributed by atoms with E-state index >= 15 is 0 Å². The predicted octanol–water partition coefficient (Wildman–Crippen LogP) is 3.90. The van der Waals surface area contributed by atoms with Crippen LogP contribution in [-0.4, -0.2) is 22.0 Å². The van der Waals surface area contributed by atoms with Crippen molar-refractivity contribution in [1.82, 2.24) is 0 Å². The van der Waals surface area contributed by atoms with Crippen molar-refractivity contribution >= 4 is 28.6 Å². The largest absolute Gasteiger partial charge is 0.507 e. The van der Waals surface area contributed by atoms with E-state index in [2.05, 4.69) is 0 Å². The monoisotopic (exact) mass is 318 g/mol. The molecule has 4 heteroatoms. The summed E-state index contributed by atoms with van der Waals surface area (Å²) in [6.07, 6.45) is 1.30. The lowest BCUT2D eigenvalue weighted by atomic mass is 9.97. The first-order valence-electron chi connectivity index (χ1n) is 7.33. The van der Waals surface area contributed by atoms with Crippen LogP contribution in [0.5, 0.6) is 5.75 Å². The first-order chi connectivity index (χ1) is 11.6. The molecule has 3 aromatic rings. The molecule has 3 rings (SSSR count). The highest BCUT2D eigenvalue weighted by atomic mass is 16.4. The van der Waals surface area contributed by atoms with E-state index in [1.807, 2.05) is 12.1 Å². The summed E-state index contributed by atoms with van der Waals surface area (Å²) in [7, 11) is 0. The molecule has 0 spiro atoms. The number of hydrogen-bond acceptors (Lipinski definition) is 3. The van der Waals surface area contributed by atoms with Gasteiger partial charge in [0, 0.05) is 0 Å². The third-order valence-electron chi connectivity index (χ3n) is 3.69. The predicted molar refractivity (Wildman–Crippen MR) is 92.0 cm³/mol. The molecule has 0 saturated heterocycles. The van der Waals surface area contributed by atoms with Gasteiger partial charge in [0.25, 0.3) is 0 Å². The number of aromatic hydroxyl groups is 1.